The van der Waals surface area contributed by atoms with Gasteiger partial charge in [0, 0.05) is 19.5 Å². The first-order valence-electron chi connectivity index (χ1n) is 6.65. The van der Waals surface area contributed by atoms with Crippen molar-refractivity contribution in [2.45, 2.75) is 0 Å². The summed E-state index contributed by atoms with van der Waals surface area (Å²) in [5, 5.41) is 4.54. The summed E-state index contributed by atoms with van der Waals surface area (Å²) in [4.78, 5) is 24.5. The highest BCUT2D eigenvalue weighted by molar-refractivity contribution is 5.89. The summed E-state index contributed by atoms with van der Waals surface area (Å²) in [5.74, 6) is 0.175. The van der Waals surface area contributed by atoms with Gasteiger partial charge in [0.2, 0.25) is 5.91 Å². The molecule has 2 rings (SSSR count). The van der Waals surface area contributed by atoms with Crippen molar-refractivity contribution >= 4 is 22.6 Å². The van der Waals surface area contributed by atoms with Gasteiger partial charge >= 0.3 is 0 Å². The van der Waals surface area contributed by atoms with E-state index in [1.807, 2.05) is 42.5 Å². The summed E-state index contributed by atoms with van der Waals surface area (Å²) < 4.78 is 5.54. The summed E-state index contributed by atoms with van der Waals surface area (Å²) in [5.41, 5.74) is 0. The van der Waals surface area contributed by atoms with E-state index in [9.17, 15) is 9.59 Å². The molecule has 0 bridgehead atoms. The number of rotatable bonds is 5. The van der Waals surface area contributed by atoms with Crippen LogP contribution >= 0.6 is 0 Å². The Balaban J connectivity index is 1.93. The number of fused-ring (bicyclic) bond motifs is 1. The van der Waals surface area contributed by atoms with Crippen LogP contribution in [0, 0.1) is 0 Å². The van der Waals surface area contributed by atoms with E-state index >= 15 is 0 Å². The fraction of sp³-hybridized carbons (Fsp3) is 0.250. The van der Waals surface area contributed by atoms with Crippen LogP contribution in [0.25, 0.3) is 10.8 Å². The number of nitrogens with one attached hydrogen (secondary N) is 1. The van der Waals surface area contributed by atoms with Crippen LogP contribution in [0.15, 0.2) is 42.5 Å². The van der Waals surface area contributed by atoms with Crippen LogP contribution < -0.4 is 10.1 Å². The molecule has 5 nitrogen and oxygen atoms in total. The molecular formula is C16H18N2O3. The van der Waals surface area contributed by atoms with E-state index < -0.39 is 0 Å². The van der Waals surface area contributed by atoms with Gasteiger partial charge in [-0.05, 0) is 11.5 Å². The Hall–Kier alpha value is -2.56. The van der Waals surface area contributed by atoms with Crippen LogP contribution in [0.5, 0.6) is 5.75 Å². The van der Waals surface area contributed by atoms with Crippen LogP contribution in [0.3, 0.4) is 0 Å². The molecule has 0 aromatic heterocycles. The molecule has 2 amide bonds. The number of carbonyl (C=O) groups is 2. The highest BCUT2D eigenvalue weighted by Gasteiger charge is 2.08. The average Bonchev–Trinajstić information content (AvgIpc) is 2.50. The minimum absolute atomic E-state index is 0.0231. The van der Waals surface area contributed by atoms with E-state index in [2.05, 4.69) is 5.32 Å². The van der Waals surface area contributed by atoms with Gasteiger partial charge in [0.15, 0.2) is 6.61 Å². The lowest BCUT2D eigenvalue weighted by molar-refractivity contribution is -0.131. The van der Waals surface area contributed by atoms with Gasteiger partial charge < -0.3 is 15.0 Å². The molecule has 21 heavy (non-hydrogen) atoms. The number of ether oxygens (including phenoxy) is 1. The maximum atomic E-state index is 11.7. The number of nitrogens with zero attached hydrogens (tertiary/aromatic N) is 1. The fourth-order valence-corrected chi connectivity index (χ4v) is 1.85. The van der Waals surface area contributed by atoms with Crippen molar-refractivity contribution < 1.29 is 14.3 Å². The Morgan fingerprint density at radius 2 is 1.81 bits per heavy atom. The monoisotopic (exact) mass is 286 g/mol. The van der Waals surface area contributed by atoms with E-state index in [4.69, 9.17) is 4.74 Å². The normalized spacial score (nSPS) is 10.2. The Labute approximate surface area is 123 Å². The Morgan fingerprint density at radius 1 is 1.10 bits per heavy atom. The van der Waals surface area contributed by atoms with Gasteiger partial charge in [-0.2, -0.15) is 0 Å². The van der Waals surface area contributed by atoms with E-state index in [1.165, 1.54) is 4.90 Å². The third-order valence-electron chi connectivity index (χ3n) is 3.04. The summed E-state index contributed by atoms with van der Waals surface area (Å²) in [6.45, 7) is -0.139. The lowest BCUT2D eigenvalue weighted by Gasteiger charge is -2.12. The van der Waals surface area contributed by atoms with Crippen LogP contribution in [0.4, 0.5) is 0 Å². The molecule has 2 aromatic rings. The van der Waals surface area contributed by atoms with Gasteiger partial charge in [0.1, 0.15) is 5.75 Å². The zero-order chi connectivity index (χ0) is 15.2. The Kier molecular flexibility index (Phi) is 4.77. The minimum Gasteiger partial charge on any atom is -0.483 e. The first-order valence-corrected chi connectivity index (χ1v) is 6.65. The molecule has 0 spiro atoms. The number of amides is 2. The summed E-state index contributed by atoms with van der Waals surface area (Å²) in [6.07, 6.45) is 0. The maximum absolute atomic E-state index is 11.7. The van der Waals surface area contributed by atoms with Gasteiger partial charge in [0.05, 0.1) is 6.54 Å². The average molecular weight is 286 g/mol. The van der Waals surface area contributed by atoms with Crippen molar-refractivity contribution in [1.82, 2.24) is 10.2 Å². The topological polar surface area (TPSA) is 58.6 Å². The second-order valence-electron chi connectivity index (χ2n) is 4.83. The quantitative estimate of drug-likeness (QED) is 0.904. The standard InChI is InChI=1S/C16H18N2O3/c1-18(2)16(20)10-17-15(19)11-21-14-9-5-7-12-6-3-4-8-13(12)14/h3-9H,10-11H2,1-2H3,(H,17,19). The summed E-state index contributed by atoms with van der Waals surface area (Å²) in [6, 6.07) is 13.5. The molecule has 0 aliphatic carbocycles. The van der Waals surface area contributed by atoms with E-state index in [1.54, 1.807) is 14.1 Å². The molecule has 0 heterocycles. The second-order valence-corrected chi connectivity index (χ2v) is 4.83. The molecule has 0 saturated heterocycles. The van der Waals surface area contributed by atoms with E-state index in [-0.39, 0.29) is 25.0 Å². The SMILES string of the molecule is CN(C)C(=O)CNC(=O)COc1cccc2ccccc12. The first-order chi connectivity index (χ1) is 10.1. The zero-order valence-electron chi connectivity index (χ0n) is 12.1. The fourth-order valence-electron chi connectivity index (χ4n) is 1.85. The molecule has 0 atom stereocenters. The van der Waals surface area contributed by atoms with Crippen LogP contribution in [0.1, 0.15) is 0 Å². The van der Waals surface area contributed by atoms with E-state index in [0.717, 1.165) is 10.8 Å². The van der Waals surface area contributed by atoms with Crippen LogP contribution in [-0.4, -0.2) is 44.0 Å². The highest BCUT2D eigenvalue weighted by atomic mass is 16.5. The van der Waals surface area contributed by atoms with Gasteiger partial charge in [0.25, 0.3) is 5.91 Å². The van der Waals surface area contributed by atoms with Crippen molar-refractivity contribution in [3.8, 4) is 5.75 Å². The second kappa shape index (κ2) is 6.74. The third kappa shape index (κ3) is 3.95. The third-order valence-corrected chi connectivity index (χ3v) is 3.04. The Bertz CT molecular complexity index is 648. The number of benzene rings is 2. The van der Waals surface area contributed by atoms with Crippen molar-refractivity contribution in [3.63, 3.8) is 0 Å². The molecule has 1 N–H and O–H groups in total. The van der Waals surface area contributed by atoms with Gasteiger partial charge in [-0.3, -0.25) is 9.59 Å². The molecule has 0 fully saturated rings. The number of hydrogen-bond acceptors (Lipinski definition) is 3. The molecular weight excluding hydrogens is 268 g/mol. The lowest BCUT2D eigenvalue weighted by atomic mass is 10.1. The number of hydrogen-bond donors (Lipinski definition) is 1. The molecule has 0 saturated carbocycles. The van der Waals surface area contributed by atoms with Crippen molar-refractivity contribution in [2.24, 2.45) is 0 Å². The summed E-state index contributed by atoms with van der Waals surface area (Å²) >= 11 is 0. The molecule has 0 radical (unpaired) electrons. The van der Waals surface area contributed by atoms with Gasteiger partial charge in [-0.25, -0.2) is 0 Å². The van der Waals surface area contributed by atoms with E-state index in [0.29, 0.717) is 5.75 Å². The van der Waals surface area contributed by atoms with Crippen LogP contribution in [0.2, 0.25) is 0 Å². The molecule has 0 aliphatic rings. The summed E-state index contributed by atoms with van der Waals surface area (Å²) in [7, 11) is 3.28. The van der Waals surface area contributed by atoms with Gasteiger partial charge in [-0.1, -0.05) is 36.4 Å². The number of likely N-dealkylation sites (N-methyl/N-ethyl adjacent to an activating group) is 1. The van der Waals surface area contributed by atoms with Crippen molar-refractivity contribution in [3.05, 3.63) is 42.5 Å². The van der Waals surface area contributed by atoms with Crippen molar-refractivity contribution in [2.75, 3.05) is 27.2 Å². The molecule has 0 unspecified atom stereocenters. The van der Waals surface area contributed by atoms with Crippen LogP contribution in [-0.2, 0) is 9.59 Å². The lowest BCUT2D eigenvalue weighted by Crippen LogP contribution is -2.38. The molecule has 2 aromatic carbocycles. The largest absolute Gasteiger partial charge is 0.483 e. The molecule has 110 valence electrons. The highest BCUT2D eigenvalue weighted by Crippen LogP contribution is 2.24. The molecule has 5 heteroatoms. The predicted molar refractivity (Wildman–Crippen MR) is 81.1 cm³/mol. The predicted octanol–water partition coefficient (Wildman–Crippen LogP) is 1.42. The first kappa shape index (κ1) is 14.8. The minimum atomic E-state index is -0.321. The van der Waals surface area contributed by atoms with Gasteiger partial charge in [-0.15, -0.1) is 0 Å². The zero-order valence-corrected chi connectivity index (χ0v) is 12.1. The molecule has 0 aliphatic heterocycles. The smallest absolute Gasteiger partial charge is 0.258 e. The Morgan fingerprint density at radius 3 is 2.57 bits per heavy atom. The number of carbonyl (C=O) groups excluding carboxylic acids is 2. The van der Waals surface area contributed by atoms with Crippen molar-refractivity contribution in [1.29, 1.82) is 0 Å². The maximum Gasteiger partial charge on any atom is 0.258 e.